The second-order valence-corrected chi connectivity index (χ2v) is 5.64. The van der Waals surface area contributed by atoms with Crippen LogP contribution in [-0.2, 0) is 13.6 Å². The maximum absolute atomic E-state index is 5.92. The van der Waals surface area contributed by atoms with Gasteiger partial charge in [-0.3, -0.25) is 4.68 Å². The van der Waals surface area contributed by atoms with E-state index in [1.54, 1.807) is 0 Å². The summed E-state index contributed by atoms with van der Waals surface area (Å²) >= 11 is 5.92. The normalized spacial score (nSPS) is 11.2. The molecule has 0 fully saturated rings. The molecule has 0 saturated carbocycles. The summed E-state index contributed by atoms with van der Waals surface area (Å²) in [5.41, 5.74) is 3.34. The molecule has 0 atom stereocenters. The van der Waals surface area contributed by atoms with Crippen LogP contribution in [-0.4, -0.2) is 16.3 Å². The Morgan fingerprint density at radius 3 is 2.58 bits per heavy atom. The largest absolute Gasteiger partial charge is 0.312 e. The first-order chi connectivity index (χ1) is 9.06. The number of aryl methyl sites for hydroxylation is 1. The van der Waals surface area contributed by atoms with Crippen molar-refractivity contribution in [1.29, 1.82) is 0 Å². The van der Waals surface area contributed by atoms with Gasteiger partial charge in [0.1, 0.15) is 0 Å². The van der Waals surface area contributed by atoms with Crippen LogP contribution >= 0.6 is 11.6 Å². The van der Waals surface area contributed by atoms with Crippen LogP contribution in [0.4, 0.5) is 0 Å². The number of nitrogens with one attached hydrogen (secondary N) is 1. The molecule has 0 radical (unpaired) electrons. The van der Waals surface area contributed by atoms with Crippen molar-refractivity contribution in [3.05, 3.63) is 41.0 Å². The van der Waals surface area contributed by atoms with E-state index >= 15 is 0 Å². The van der Waals surface area contributed by atoms with Crippen LogP contribution in [0.25, 0.3) is 11.3 Å². The van der Waals surface area contributed by atoms with Gasteiger partial charge in [-0.05, 0) is 24.6 Å². The molecular formula is C15H20ClN3. The van der Waals surface area contributed by atoms with Crippen LogP contribution in [0.5, 0.6) is 0 Å². The van der Waals surface area contributed by atoms with Gasteiger partial charge in [0.25, 0.3) is 0 Å². The average Bonchev–Trinajstić information content (AvgIpc) is 2.71. The molecule has 0 aliphatic heterocycles. The smallest absolute Gasteiger partial charge is 0.0968 e. The zero-order chi connectivity index (χ0) is 13.8. The van der Waals surface area contributed by atoms with Gasteiger partial charge in [0.05, 0.1) is 5.69 Å². The summed E-state index contributed by atoms with van der Waals surface area (Å²) in [4.78, 5) is 0. The molecule has 2 aromatic rings. The molecule has 1 N–H and O–H groups in total. The van der Waals surface area contributed by atoms with Crippen LogP contribution < -0.4 is 5.32 Å². The number of nitrogens with zero attached hydrogens (tertiary/aromatic N) is 2. The third-order valence-electron chi connectivity index (χ3n) is 2.89. The molecule has 0 saturated heterocycles. The van der Waals surface area contributed by atoms with E-state index in [0.717, 1.165) is 29.4 Å². The lowest BCUT2D eigenvalue weighted by Crippen LogP contribution is -2.19. The Kier molecular flexibility index (Phi) is 4.61. The van der Waals surface area contributed by atoms with Crippen molar-refractivity contribution in [2.45, 2.75) is 20.4 Å². The SMILES string of the molecule is CC(C)CNCc1cn(C)nc1-c1ccc(Cl)cc1. The van der Waals surface area contributed by atoms with Gasteiger partial charge in [0.2, 0.25) is 0 Å². The fourth-order valence-corrected chi connectivity index (χ4v) is 2.14. The molecule has 2 rings (SSSR count). The molecule has 0 amide bonds. The summed E-state index contributed by atoms with van der Waals surface area (Å²) in [5, 5.41) is 8.75. The van der Waals surface area contributed by atoms with E-state index < -0.39 is 0 Å². The average molecular weight is 278 g/mol. The van der Waals surface area contributed by atoms with Crippen molar-refractivity contribution in [2.24, 2.45) is 13.0 Å². The third kappa shape index (κ3) is 3.82. The van der Waals surface area contributed by atoms with E-state index in [4.69, 9.17) is 11.6 Å². The number of benzene rings is 1. The molecular weight excluding hydrogens is 258 g/mol. The van der Waals surface area contributed by atoms with E-state index in [0.29, 0.717) is 5.92 Å². The van der Waals surface area contributed by atoms with Crippen LogP contribution in [0.15, 0.2) is 30.5 Å². The van der Waals surface area contributed by atoms with E-state index in [9.17, 15) is 0 Å². The molecule has 0 aliphatic rings. The summed E-state index contributed by atoms with van der Waals surface area (Å²) in [6.07, 6.45) is 2.07. The molecule has 0 spiro atoms. The van der Waals surface area contributed by atoms with Crippen LogP contribution in [0.2, 0.25) is 5.02 Å². The Morgan fingerprint density at radius 1 is 1.26 bits per heavy atom. The summed E-state index contributed by atoms with van der Waals surface area (Å²) in [6, 6.07) is 7.82. The Balaban J connectivity index is 2.18. The highest BCUT2D eigenvalue weighted by Gasteiger charge is 2.09. The maximum atomic E-state index is 5.92. The quantitative estimate of drug-likeness (QED) is 0.907. The van der Waals surface area contributed by atoms with Gasteiger partial charge in [-0.1, -0.05) is 37.6 Å². The van der Waals surface area contributed by atoms with E-state index in [1.807, 2.05) is 36.0 Å². The molecule has 0 bridgehead atoms. The van der Waals surface area contributed by atoms with Crippen molar-refractivity contribution in [3.8, 4) is 11.3 Å². The van der Waals surface area contributed by atoms with Gasteiger partial charge >= 0.3 is 0 Å². The highest BCUT2D eigenvalue weighted by Crippen LogP contribution is 2.23. The molecule has 0 aliphatic carbocycles. The lowest BCUT2D eigenvalue weighted by molar-refractivity contribution is 0.552. The molecule has 1 aromatic heterocycles. The predicted molar refractivity (Wildman–Crippen MR) is 80.2 cm³/mol. The zero-order valence-corrected chi connectivity index (χ0v) is 12.4. The lowest BCUT2D eigenvalue weighted by atomic mass is 10.1. The predicted octanol–water partition coefficient (Wildman–Crippen LogP) is 3.49. The van der Waals surface area contributed by atoms with Gasteiger partial charge < -0.3 is 5.32 Å². The first-order valence-corrected chi connectivity index (χ1v) is 6.93. The molecule has 1 heterocycles. The Labute approximate surface area is 119 Å². The van der Waals surface area contributed by atoms with E-state index in [-0.39, 0.29) is 0 Å². The van der Waals surface area contributed by atoms with Gasteiger partial charge in [0, 0.05) is 35.9 Å². The first-order valence-electron chi connectivity index (χ1n) is 6.55. The van der Waals surface area contributed by atoms with Crippen molar-refractivity contribution in [1.82, 2.24) is 15.1 Å². The van der Waals surface area contributed by atoms with Crippen LogP contribution in [0.1, 0.15) is 19.4 Å². The lowest BCUT2D eigenvalue weighted by Gasteiger charge is -2.07. The highest BCUT2D eigenvalue weighted by molar-refractivity contribution is 6.30. The van der Waals surface area contributed by atoms with Gasteiger partial charge in [-0.15, -0.1) is 0 Å². The van der Waals surface area contributed by atoms with Gasteiger partial charge in [-0.2, -0.15) is 5.10 Å². The topological polar surface area (TPSA) is 29.9 Å². The minimum atomic E-state index is 0.649. The Morgan fingerprint density at radius 2 is 1.95 bits per heavy atom. The fraction of sp³-hybridized carbons (Fsp3) is 0.400. The van der Waals surface area contributed by atoms with E-state index in [2.05, 4.69) is 30.5 Å². The fourth-order valence-electron chi connectivity index (χ4n) is 2.01. The summed E-state index contributed by atoms with van der Waals surface area (Å²) in [6.45, 7) is 6.26. The molecule has 1 aromatic carbocycles. The standard InChI is InChI=1S/C15H20ClN3/c1-11(2)8-17-9-13-10-19(3)18-15(13)12-4-6-14(16)7-5-12/h4-7,10-11,17H,8-9H2,1-3H3. The summed E-state index contributed by atoms with van der Waals surface area (Å²) in [5.74, 6) is 0.649. The van der Waals surface area contributed by atoms with Gasteiger partial charge in [-0.25, -0.2) is 0 Å². The Bertz CT molecular complexity index is 529. The second-order valence-electron chi connectivity index (χ2n) is 5.21. The third-order valence-corrected chi connectivity index (χ3v) is 3.14. The highest BCUT2D eigenvalue weighted by atomic mass is 35.5. The van der Waals surface area contributed by atoms with Crippen LogP contribution in [0.3, 0.4) is 0 Å². The summed E-state index contributed by atoms with van der Waals surface area (Å²) < 4.78 is 1.86. The van der Waals surface area contributed by atoms with Crippen LogP contribution in [0, 0.1) is 5.92 Å². The number of halogens is 1. The molecule has 0 unspecified atom stereocenters. The number of rotatable bonds is 5. The van der Waals surface area contributed by atoms with Crippen molar-refractivity contribution in [2.75, 3.05) is 6.54 Å². The minimum Gasteiger partial charge on any atom is -0.312 e. The van der Waals surface area contributed by atoms with Gasteiger partial charge in [0.15, 0.2) is 0 Å². The van der Waals surface area contributed by atoms with Crippen molar-refractivity contribution in [3.63, 3.8) is 0 Å². The number of aromatic nitrogens is 2. The van der Waals surface area contributed by atoms with Crippen molar-refractivity contribution < 1.29 is 0 Å². The Hall–Kier alpha value is -1.32. The number of hydrogen-bond acceptors (Lipinski definition) is 2. The minimum absolute atomic E-state index is 0.649. The monoisotopic (exact) mass is 277 g/mol. The first kappa shape index (κ1) is 14.1. The molecule has 102 valence electrons. The van der Waals surface area contributed by atoms with E-state index in [1.165, 1.54) is 5.56 Å². The molecule has 19 heavy (non-hydrogen) atoms. The number of hydrogen-bond donors (Lipinski definition) is 1. The molecule has 4 heteroatoms. The second kappa shape index (κ2) is 6.22. The zero-order valence-electron chi connectivity index (χ0n) is 11.7. The molecule has 3 nitrogen and oxygen atoms in total. The van der Waals surface area contributed by atoms with Crippen molar-refractivity contribution >= 4 is 11.6 Å². The summed E-state index contributed by atoms with van der Waals surface area (Å²) in [7, 11) is 1.95. The maximum Gasteiger partial charge on any atom is 0.0968 e.